The van der Waals surface area contributed by atoms with Crippen molar-refractivity contribution in [3.8, 4) is 0 Å². The van der Waals surface area contributed by atoms with Gasteiger partial charge in [0.1, 0.15) is 6.04 Å². The van der Waals surface area contributed by atoms with Crippen LogP contribution in [0.3, 0.4) is 0 Å². The monoisotopic (exact) mass is 238 g/mol. The Kier molecular flexibility index (Phi) is 4.03. The minimum absolute atomic E-state index is 0.0396. The molecule has 1 unspecified atom stereocenters. The predicted octanol–water partition coefficient (Wildman–Crippen LogP) is 1.05. The fourth-order valence-electron chi connectivity index (χ4n) is 1.35. The molecule has 0 saturated carbocycles. The molecule has 1 heterocycles. The Morgan fingerprint density at radius 3 is 2.65 bits per heavy atom. The highest BCUT2D eigenvalue weighted by atomic mass is 16.4. The molecule has 0 spiro atoms. The molecule has 6 nitrogen and oxygen atoms in total. The van der Waals surface area contributed by atoms with Crippen LogP contribution >= 0.6 is 0 Å². The molecule has 0 aliphatic heterocycles. The second kappa shape index (κ2) is 5.29. The summed E-state index contributed by atoms with van der Waals surface area (Å²) in [6.45, 7) is 6.67. The topological polar surface area (TPSA) is 92.4 Å². The van der Waals surface area contributed by atoms with Crippen LogP contribution in [-0.4, -0.2) is 28.0 Å². The first kappa shape index (κ1) is 13.0. The maximum atomic E-state index is 11.7. The van der Waals surface area contributed by atoms with Crippen LogP contribution in [0.2, 0.25) is 0 Å². The van der Waals surface area contributed by atoms with Crippen molar-refractivity contribution in [3.05, 3.63) is 30.0 Å². The molecule has 0 aromatic carbocycles. The number of aromatic nitrogens is 1. The molecule has 0 radical (unpaired) electrons. The first-order valence-corrected chi connectivity index (χ1v) is 5.04. The van der Waals surface area contributed by atoms with E-state index in [1.54, 1.807) is 13.8 Å². The number of nitrogens with one attached hydrogen (secondary N) is 1. The molecule has 1 amide bonds. The van der Waals surface area contributed by atoms with E-state index in [0.29, 0.717) is 11.6 Å². The van der Waals surface area contributed by atoms with Crippen LogP contribution in [0.5, 0.6) is 0 Å². The van der Waals surface area contributed by atoms with E-state index in [1.807, 2.05) is 0 Å². The molecule has 92 valence electrons. The standard InChI is InChI=1S/C11H14N2O4/c1-4-5-8(11(15)16)13-10(14)9-6(2)12-7(3)17-9/h4,8H,1,5H2,2-3H3,(H,13,14)(H,15,16). The highest BCUT2D eigenvalue weighted by Gasteiger charge is 2.22. The van der Waals surface area contributed by atoms with Gasteiger partial charge in [-0.1, -0.05) is 6.08 Å². The highest BCUT2D eigenvalue weighted by Crippen LogP contribution is 2.09. The number of carbonyl (C=O) groups excluding carboxylic acids is 1. The molecule has 0 bridgehead atoms. The van der Waals surface area contributed by atoms with Crippen LogP contribution in [0.15, 0.2) is 17.1 Å². The van der Waals surface area contributed by atoms with E-state index < -0.39 is 17.9 Å². The summed E-state index contributed by atoms with van der Waals surface area (Å²) in [5, 5.41) is 11.2. The third-order valence-electron chi connectivity index (χ3n) is 2.12. The van der Waals surface area contributed by atoms with E-state index in [2.05, 4.69) is 16.9 Å². The van der Waals surface area contributed by atoms with Gasteiger partial charge in [0.15, 0.2) is 5.89 Å². The van der Waals surface area contributed by atoms with Gasteiger partial charge in [0.05, 0.1) is 5.69 Å². The molecule has 6 heteroatoms. The van der Waals surface area contributed by atoms with E-state index in [9.17, 15) is 9.59 Å². The smallest absolute Gasteiger partial charge is 0.326 e. The Morgan fingerprint density at radius 2 is 2.24 bits per heavy atom. The normalized spacial score (nSPS) is 11.9. The van der Waals surface area contributed by atoms with Crippen LogP contribution in [0, 0.1) is 13.8 Å². The number of carboxylic acids is 1. The lowest BCUT2D eigenvalue weighted by Gasteiger charge is -2.11. The van der Waals surface area contributed by atoms with Crippen molar-refractivity contribution in [3.63, 3.8) is 0 Å². The number of hydrogen-bond acceptors (Lipinski definition) is 4. The molecule has 0 saturated heterocycles. The molecule has 1 aromatic heterocycles. The summed E-state index contributed by atoms with van der Waals surface area (Å²) in [6.07, 6.45) is 1.57. The van der Waals surface area contributed by atoms with Gasteiger partial charge in [-0.3, -0.25) is 4.79 Å². The SMILES string of the molecule is C=CCC(NC(=O)c1oc(C)nc1C)C(=O)O. The number of carboxylic acid groups (broad SMARTS) is 1. The van der Waals surface area contributed by atoms with Gasteiger partial charge in [-0.15, -0.1) is 6.58 Å². The first-order chi connectivity index (χ1) is 7.95. The minimum atomic E-state index is -1.12. The molecule has 1 aromatic rings. The number of aryl methyl sites for hydroxylation is 2. The van der Waals surface area contributed by atoms with Crippen molar-refractivity contribution < 1.29 is 19.1 Å². The number of hydrogen-bond donors (Lipinski definition) is 2. The molecule has 0 fully saturated rings. The summed E-state index contributed by atoms with van der Waals surface area (Å²) in [7, 11) is 0. The zero-order chi connectivity index (χ0) is 13.0. The Labute approximate surface area is 98.3 Å². The molecule has 1 atom stereocenters. The highest BCUT2D eigenvalue weighted by molar-refractivity contribution is 5.95. The number of aliphatic carboxylic acids is 1. The second-order valence-electron chi connectivity index (χ2n) is 3.54. The summed E-state index contributed by atoms with van der Waals surface area (Å²) in [5.41, 5.74) is 0.433. The fourth-order valence-corrected chi connectivity index (χ4v) is 1.35. The third-order valence-corrected chi connectivity index (χ3v) is 2.12. The largest absolute Gasteiger partial charge is 0.480 e. The fraction of sp³-hybridized carbons (Fsp3) is 0.364. The third kappa shape index (κ3) is 3.17. The number of nitrogens with zero attached hydrogens (tertiary/aromatic N) is 1. The maximum Gasteiger partial charge on any atom is 0.326 e. The van der Waals surface area contributed by atoms with Crippen molar-refractivity contribution in [2.45, 2.75) is 26.3 Å². The lowest BCUT2D eigenvalue weighted by Crippen LogP contribution is -2.40. The summed E-state index contributed by atoms with van der Waals surface area (Å²) < 4.78 is 5.09. The Morgan fingerprint density at radius 1 is 1.59 bits per heavy atom. The van der Waals surface area contributed by atoms with Crippen molar-refractivity contribution in [1.82, 2.24) is 10.3 Å². The van der Waals surface area contributed by atoms with Crippen molar-refractivity contribution in [2.24, 2.45) is 0 Å². The summed E-state index contributed by atoms with van der Waals surface area (Å²) in [6, 6.07) is -1.01. The van der Waals surface area contributed by atoms with Crippen LogP contribution in [-0.2, 0) is 4.79 Å². The Balaban J connectivity index is 2.80. The molecule has 17 heavy (non-hydrogen) atoms. The van der Waals surface area contributed by atoms with E-state index in [1.165, 1.54) is 6.08 Å². The van der Waals surface area contributed by atoms with Gasteiger partial charge in [-0.25, -0.2) is 9.78 Å². The van der Waals surface area contributed by atoms with E-state index in [-0.39, 0.29) is 12.2 Å². The average Bonchev–Trinajstić information content (AvgIpc) is 2.57. The summed E-state index contributed by atoms with van der Waals surface area (Å²) in [5.74, 6) is -1.30. The van der Waals surface area contributed by atoms with Crippen LogP contribution in [0.1, 0.15) is 28.6 Å². The zero-order valence-electron chi connectivity index (χ0n) is 9.69. The lowest BCUT2D eigenvalue weighted by atomic mass is 10.2. The van der Waals surface area contributed by atoms with Crippen LogP contribution in [0.4, 0.5) is 0 Å². The van der Waals surface area contributed by atoms with Crippen molar-refractivity contribution >= 4 is 11.9 Å². The van der Waals surface area contributed by atoms with E-state index >= 15 is 0 Å². The van der Waals surface area contributed by atoms with Gasteiger partial charge in [-0.2, -0.15) is 0 Å². The van der Waals surface area contributed by atoms with Gasteiger partial charge in [0, 0.05) is 6.92 Å². The quantitative estimate of drug-likeness (QED) is 0.748. The first-order valence-electron chi connectivity index (χ1n) is 5.04. The van der Waals surface area contributed by atoms with Gasteiger partial charge < -0.3 is 14.8 Å². The minimum Gasteiger partial charge on any atom is -0.480 e. The predicted molar refractivity (Wildman–Crippen MR) is 59.7 cm³/mol. The molecule has 2 N–H and O–H groups in total. The maximum absolute atomic E-state index is 11.7. The van der Waals surface area contributed by atoms with Crippen molar-refractivity contribution in [2.75, 3.05) is 0 Å². The second-order valence-corrected chi connectivity index (χ2v) is 3.54. The Hall–Kier alpha value is -2.11. The van der Waals surface area contributed by atoms with Crippen LogP contribution in [0.25, 0.3) is 0 Å². The molecule has 1 rings (SSSR count). The zero-order valence-corrected chi connectivity index (χ0v) is 9.69. The number of oxazole rings is 1. The van der Waals surface area contributed by atoms with Gasteiger partial charge in [0.25, 0.3) is 5.91 Å². The molecule has 0 aliphatic rings. The van der Waals surface area contributed by atoms with Gasteiger partial charge >= 0.3 is 5.97 Å². The van der Waals surface area contributed by atoms with Crippen LogP contribution < -0.4 is 5.32 Å². The summed E-state index contributed by atoms with van der Waals surface area (Å²) in [4.78, 5) is 26.5. The number of rotatable bonds is 5. The molecular formula is C11H14N2O4. The summed E-state index contributed by atoms with van der Waals surface area (Å²) >= 11 is 0. The van der Waals surface area contributed by atoms with E-state index in [0.717, 1.165) is 0 Å². The lowest BCUT2D eigenvalue weighted by molar-refractivity contribution is -0.139. The number of carbonyl (C=O) groups is 2. The Bertz CT molecular complexity index is 450. The number of amides is 1. The van der Waals surface area contributed by atoms with Gasteiger partial charge in [0.2, 0.25) is 5.76 Å². The van der Waals surface area contributed by atoms with Crippen molar-refractivity contribution in [1.29, 1.82) is 0 Å². The van der Waals surface area contributed by atoms with Gasteiger partial charge in [-0.05, 0) is 13.3 Å². The molecular weight excluding hydrogens is 224 g/mol. The molecule has 0 aliphatic carbocycles. The van der Waals surface area contributed by atoms with E-state index in [4.69, 9.17) is 9.52 Å². The average molecular weight is 238 g/mol.